The third-order valence-electron chi connectivity index (χ3n) is 3.76. The minimum absolute atomic E-state index is 0.0386. The first-order valence-corrected chi connectivity index (χ1v) is 7.26. The Balaban J connectivity index is 2.16. The van der Waals surface area contributed by atoms with Crippen molar-refractivity contribution >= 4 is 0 Å². The second-order valence-electron chi connectivity index (χ2n) is 5.63. The van der Waals surface area contributed by atoms with E-state index in [1.165, 1.54) is 0 Å². The summed E-state index contributed by atoms with van der Waals surface area (Å²) in [6.07, 6.45) is 0.834. The molecule has 112 valence electrons. The summed E-state index contributed by atoms with van der Waals surface area (Å²) >= 11 is 0. The van der Waals surface area contributed by atoms with Gasteiger partial charge in [0.1, 0.15) is 11.8 Å². The molecule has 1 aliphatic heterocycles. The van der Waals surface area contributed by atoms with Crippen LogP contribution in [0.2, 0.25) is 0 Å². The van der Waals surface area contributed by atoms with Crippen LogP contribution < -0.4 is 5.32 Å². The van der Waals surface area contributed by atoms with Gasteiger partial charge < -0.3 is 14.6 Å². The van der Waals surface area contributed by atoms with Gasteiger partial charge in [0, 0.05) is 20.1 Å². The summed E-state index contributed by atoms with van der Waals surface area (Å²) in [7, 11) is 1.70. The van der Waals surface area contributed by atoms with Crippen molar-refractivity contribution in [1.29, 1.82) is 0 Å². The van der Waals surface area contributed by atoms with Crippen LogP contribution in [0.15, 0.2) is 30.3 Å². The van der Waals surface area contributed by atoms with Crippen molar-refractivity contribution in [1.82, 2.24) is 5.32 Å². The molecule has 0 aromatic heterocycles. The van der Waals surface area contributed by atoms with E-state index in [0.717, 1.165) is 18.5 Å². The summed E-state index contributed by atoms with van der Waals surface area (Å²) in [5, 5.41) is 13.9. The van der Waals surface area contributed by atoms with Crippen LogP contribution in [0.25, 0.3) is 0 Å². The molecule has 1 saturated heterocycles. The Labute approximate surface area is 121 Å². The highest BCUT2D eigenvalue weighted by Gasteiger charge is 2.46. The number of hydrogen-bond donors (Lipinski definition) is 2. The van der Waals surface area contributed by atoms with Gasteiger partial charge in [-0.05, 0) is 25.8 Å². The van der Waals surface area contributed by atoms with E-state index in [2.05, 4.69) is 5.32 Å². The van der Waals surface area contributed by atoms with E-state index in [0.29, 0.717) is 6.42 Å². The van der Waals surface area contributed by atoms with Gasteiger partial charge in [-0.1, -0.05) is 30.3 Å². The van der Waals surface area contributed by atoms with Crippen LogP contribution in [0.1, 0.15) is 38.4 Å². The van der Waals surface area contributed by atoms with E-state index in [9.17, 15) is 5.11 Å². The zero-order chi connectivity index (χ0) is 14.6. The van der Waals surface area contributed by atoms with Crippen LogP contribution in [-0.2, 0) is 9.47 Å². The van der Waals surface area contributed by atoms with Crippen LogP contribution in [-0.4, -0.2) is 36.7 Å². The fraction of sp³-hybridized carbons (Fsp3) is 0.625. The highest BCUT2D eigenvalue weighted by Crippen LogP contribution is 2.34. The Hall–Kier alpha value is -0.940. The van der Waals surface area contributed by atoms with Crippen molar-refractivity contribution in [2.45, 2.75) is 50.7 Å². The number of aliphatic hydroxyl groups excluding tert-OH is 1. The van der Waals surface area contributed by atoms with Gasteiger partial charge in [0.2, 0.25) is 0 Å². The van der Waals surface area contributed by atoms with Crippen molar-refractivity contribution in [3.8, 4) is 0 Å². The fourth-order valence-electron chi connectivity index (χ4n) is 2.94. The Kier molecular flexibility index (Phi) is 5.16. The molecule has 1 aromatic carbocycles. The minimum atomic E-state index is -0.613. The summed E-state index contributed by atoms with van der Waals surface area (Å²) in [4.78, 5) is 0. The predicted octanol–water partition coefficient (Wildman–Crippen LogP) is 2.24. The molecule has 0 radical (unpaired) electrons. The quantitative estimate of drug-likeness (QED) is 0.838. The maximum Gasteiger partial charge on any atom is 0.148 e. The molecule has 2 rings (SSSR count). The van der Waals surface area contributed by atoms with E-state index in [4.69, 9.17) is 9.47 Å². The van der Waals surface area contributed by atoms with Crippen LogP contribution in [0, 0.1) is 0 Å². The normalized spacial score (nSPS) is 27.9. The van der Waals surface area contributed by atoms with Gasteiger partial charge in [0.05, 0.1) is 12.2 Å². The standard InChI is InChI=1S/C16H25NO3/c1-12(2)20-16(15(19-3)9-10-17-16)11-14(18)13-7-5-4-6-8-13/h4-8,12,14-15,17-18H,9-11H2,1-3H3. The molecule has 3 atom stereocenters. The minimum Gasteiger partial charge on any atom is -0.388 e. The van der Waals surface area contributed by atoms with E-state index in [-0.39, 0.29) is 12.2 Å². The lowest BCUT2D eigenvalue weighted by Gasteiger charge is -2.38. The maximum absolute atomic E-state index is 10.5. The topological polar surface area (TPSA) is 50.7 Å². The van der Waals surface area contributed by atoms with Crippen molar-refractivity contribution in [2.24, 2.45) is 0 Å². The third-order valence-corrected chi connectivity index (χ3v) is 3.76. The molecule has 1 heterocycles. The van der Waals surface area contributed by atoms with Crippen molar-refractivity contribution < 1.29 is 14.6 Å². The monoisotopic (exact) mass is 279 g/mol. The summed E-state index contributed by atoms with van der Waals surface area (Å²) in [6, 6.07) is 9.69. The molecule has 0 aliphatic carbocycles. The summed E-state index contributed by atoms with van der Waals surface area (Å²) in [5.41, 5.74) is 0.292. The van der Waals surface area contributed by atoms with E-state index < -0.39 is 11.8 Å². The molecule has 0 spiro atoms. The van der Waals surface area contributed by atoms with Gasteiger partial charge >= 0.3 is 0 Å². The molecule has 1 aliphatic rings. The predicted molar refractivity (Wildman–Crippen MR) is 78.4 cm³/mol. The molecular formula is C16H25NO3. The summed E-state index contributed by atoms with van der Waals surface area (Å²) in [6.45, 7) is 4.85. The summed E-state index contributed by atoms with van der Waals surface area (Å²) in [5.74, 6) is 0. The Morgan fingerprint density at radius 2 is 2.05 bits per heavy atom. The number of rotatable bonds is 6. The number of benzene rings is 1. The fourth-order valence-corrected chi connectivity index (χ4v) is 2.94. The molecule has 2 N–H and O–H groups in total. The molecule has 0 bridgehead atoms. The smallest absolute Gasteiger partial charge is 0.148 e. The van der Waals surface area contributed by atoms with Gasteiger partial charge in [-0.3, -0.25) is 5.32 Å². The summed E-state index contributed by atoms with van der Waals surface area (Å²) < 4.78 is 11.7. The maximum atomic E-state index is 10.5. The zero-order valence-corrected chi connectivity index (χ0v) is 12.5. The zero-order valence-electron chi connectivity index (χ0n) is 12.5. The number of nitrogens with one attached hydrogen (secondary N) is 1. The largest absolute Gasteiger partial charge is 0.388 e. The lowest BCUT2D eigenvalue weighted by atomic mass is 9.95. The van der Waals surface area contributed by atoms with Gasteiger partial charge in [-0.25, -0.2) is 0 Å². The number of hydrogen-bond acceptors (Lipinski definition) is 4. The first kappa shape index (κ1) is 15.4. The van der Waals surface area contributed by atoms with Gasteiger partial charge in [-0.2, -0.15) is 0 Å². The lowest BCUT2D eigenvalue weighted by molar-refractivity contribution is -0.170. The Bertz CT molecular complexity index is 409. The molecular weight excluding hydrogens is 254 g/mol. The van der Waals surface area contributed by atoms with Gasteiger partial charge in [-0.15, -0.1) is 0 Å². The molecule has 4 heteroatoms. The molecule has 1 fully saturated rings. The SMILES string of the molecule is COC1CCNC1(CC(O)c1ccccc1)OC(C)C. The average Bonchev–Trinajstić information content (AvgIpc) is 2.81. The molecule has 20 heavy (non-hydrogen) atoms. The van der Waals surface area contributed by atoms with Crippen molar-refractivity contribution in [3.05, 3.63) is 35.9 Å². The number of ether oxygens (including phenoxy) is 2. The first-order chi connectivity index (χ1) is 9.57. The van der Waals surface area contributed by atoms with Crippen LogP contribution in [0.3, 0.4) is 0 Å². The lowest BCUT2D eigenvalue weighted by Crippen LogP contribution is -2.53. The second-order valence-corrected chi connectivity index (χ2v) is 5.63. The Morgan fingerprint density at radius 1 is 1.35 bits per heavy atom. The third kappa shape index (κ3) is 3.38. The molecule has 4 nitrogen and oxygen atoms in total. The van der Waals surface area contributed by atoms with Crippen LogP contribution in [0.4, 0.5) is 0 Å². The Morgan fingerprint density at radius 3 is 2.65 bits per heavy atom. The van der Waals surface area contributed by atoms with Crippen molar-refractivity contribution in [2.75, 3.05) is 13.7 Å². The number of methoxy groups -OCH3 is 1. The first-order valence-electron chi connectivity index (χ1n) is 7.26. The van der Waals surface area contributed by atoms with Gasteiger partial charge in [0.25, 0.3) is 0 Å². The van der Waals surface area contributed by atoms with Crippen molar-refractivity contribution in [3.63, 3.8) is 0 Å². The van der Waals surface area contributed by atoms with E-state index in [1.807, 2.05) is 44.2 Å². The van der Waals surface area contributed by atoms with Gasteiger partial charge in [0.15, 0.2) is 0 Å². The van der Waals surface area contributed by atoms with Crippen LogP contribution in [0.5, 0.6) is 0 Å². The number of aliphatic hydroxyl groups is 1. The van der Waals surface area contributed by atoms with E-state index >= 15 is 0 Å². The van der Waals surface area contributed by atoms with Crippen LogP contribution >= 0.6 is 0 Å². The highest BCUT2D eigenvalue weighted by molar-refractivity contribution is 5.18. The molecule has 1 aromatic rings. The highest BCUT2D eigenvalue weighted by atomic mass is 16.6. The second kappa shape index (κ2) is 6.68. The molecule has 3 unspecified atom stereocenters. The average molecular weight is 279 g/mol. The molecule has 0 saturated carbocycles. The molecule has 0 amide bonds. The van der Waals surface area contributed by atoms with E-state index in [1.54, 1.807) is 7.11 Å².